The number of carbonyl (C=O) groups is 2. The number of nitrogens with zero attached hydrogens (tertiary/aromatic N) is 1. The Hall–Kier alpha value is -4.72. The van der Waals surface area contributed by atoms with E-state index in [1.807, 2.05) is 80.6 Å². The monoisotopic (exact) mass is 525 g/mol. The number of aryl methyl sites for hydroxylation is 2. The zero-order valence-electron chi connectivity index (χ0n) is 22.4. The van der Waals surface area contributed by atoms with Crippen LogP contribution in [0.1, 0.15) is 51.5 Å². The van der Waals surface area contributed by atoms with Crippen LogP contribution >= 0.6 is 0 Å². The molecule has 1 atom stereocenters. The summed E-state index contributed by atoms with van der Waals surface area (Å²) in [7, 11) is 1.62. The third kappa shape index (κ3) is 5.45. The molecule has 8 heteroatoms. The van der Waals surface area contributed by atoms with Gasteiger partial charge < -0.3 is 29.4 Å². The Balaban J connectivity index is 1.45. The quantitative estimate of drug-likeness (QED) is 0.284. The lowest BCUT2D eigenvalue weighted by Crippen LogP contribution is -2.42. The standard InChI is InChI=1S/C31H31N3O5/c1-19-14-24(32-21(3)35)15-20(2)29(19)39-18-23-16-22(11-12-28(23)37-4)30-33-27-10-6-5-9-26(27)31(36)34(30)17-25-8-7-13-38-25/h5-16,30,33H,17-18H2,1-4H3,(H,32,35)/t30-/m0/s1. The molecule has 4 aromatic rings. The first kappa shape index (κ1) is 25.9. The van der Waals surface area contributed by atoms with Gasteiger partial charge in [0.25, 0.3) is 5.91 Å². The van der Waals surface area contributed by atoms with Crippen molar-refractivity contribution in [3.05, 3.63) is 107 Å². The molecule has 200 valence electrons. The van der Waals surface area contributed by atoms with Crippen molar-refractivity contribution in [2.45, 2.75) is 40.1 Å². The van der Waals surface area contributed by atoms with Gasteiger partial charge in [0, 0.05) is 23.9 Å². The highest BCUT2D eigenvalue weighted by Crippen LogP contribution is 2.36. The van der Waals surface area contributed by atoms with E-state index < -0.39 is 6.17 Å². The molecule has 0 saturated heterocycles. The summed E-state index contributed by atoms with van der Waals surface area (Å²) >= 11 is 0. The number of hydrogen-bond acceptors (Lipinski definition) is 6. The molecule has 3 aromatic carbocycles. The summed E-state index contributed by atoms with van der Waals surface area (Å²) in [5.41, 5.74) is 5.68. The van der Waals surface area contributed by atoms with Crippen molar-refractivity contribution < 1.29 is 23.5 Å². The zero-order chi connectivity index (χ0) is 27.5. The number of hydrogen-bond donors (Lipinski definition) is 2. The molecule has 1 aliphatic rings. The van der Waals surface area contributed by atoms with Gasteiger partial charge in [-0.1, -0.05) is 18.2 Å². The van der Waals surface area contributed by atoms with Gasteiger partial charge in [0.05, 0.1) is 25.5 Å². The summed E-state index contributed by atoms with van der Waals surface area (Å²) in [4.78, 5) is 26.8. The number of amides is 2. The number of benzene rings is 3. The highest BCUT2D eigenvalue weighted by atomic mass is 16.5. The zero-order valence-corrected chi connectivity index (χ0v) is 22.4. The maximum absolute atomic E-state index is 13.6. The number of fused-ring (bicyclic) bond motifs is 1. The largest absolute Gasteiger partial charge is 0.496 e. The minimum atomic E-state index is -0.428. The normalized spacial score (nSPS) is 14.4. The first-order valence-electron chi connectivity index (χ1n) is 12.7. The van der Waals surface area contributed by atoms with Gasteiger partial charge in [-0.05, 0) is 79.1 Å². The first-order valence-corrected chi connectivity index (χ1v) is 12.7. The molecule has 39 heavy (non-hydrogen) atoms. The minimum absolute atomic E-state index is 0.0788. The molecule has 1 aliphatic heterocycles. The SMILES string of the molecule is COc1ccc([C@H]2Nc3ccccc3C(=O)N2Cc2ccco2)cc1COc1c(C)cc(NC(C)=O)cc1C. The van der Waals surface area contributed by atoms with Gasteiger partial charge in [0.2, 0.25) is 5.91 Å². The van der Waals surface area contributed by atoms with Gasteiger partial charge in [-0.3, -0.25) is 9.59 Å². The van der Waals surface area contributed by atoms with Crippen molar-refractivity contribution in [1.29, 1.82) is 0 Å². The van der Waals surface area contributed by atoms with Crippen molar-refractivity contribution in [3.8, 4) is 11.5 Å². The molecule has 1 aromatic heterocycles. The average molecular weight is 526 g/mol. The molecule has 0 fully saturated rings. The molecule has 5 rings (SSSR count). The van der Waals surface area contributed by atoms with Crippen LogP contribution in [0.4, 0.5) is 11.4 Å². The van der Waals surface area contributed by atoms with Crippen LogP contribution in [0.25, 0.3) is 0 Å². The number of para-hydroxylation sites is 1. The van der Waals surface area contributed by atoms with Crippen LogP contribution in [0.5, 0.6) is 11.5 Å². The van der Waals surface area contributed by atoms with Crippen LogP contribution in [0.3, 0.4) is 0 Å². The van der Waals surface area contributed by atoms with Crippen LogP contribution in [-0.4, -0.2) is 23.8 Å². The maximum Gasteiger partial charge on any atom is 0.258 e. The molecule has 0 radical (unpaired) electrons. The number of carbonyl (C=O) groups excluding carboxylic acids is 2. The second-order valence-corrected chi connectivity index (χ2v) is 9.59. The summed E-state index contributed by atoms with van der Waals surface area (Å²) in [6.07, 6.45) is 1.18. The van der Waals surface area contributed by atoms with Crippen LogP contribution in [0, 0.1) is 13.8 Å². The lowest BCUT2D eigenvalue weighted by Gasteiger charge is -2.38. The summed E-state index contributed by atoms with van der Waals surface area (Å²) < 4.78 is 17.5. The Kier molecular flexibility index (Phi) is 7.27. The van der Waals surface area contributed by atoms with E-state index in [4.69, 9.17) is 13.9 Å². The van der Waals surface area contributed by atoms with Crippen LogP contribution in [0.2, 0.25) is 0 Å². The first-order chi connectivity index (χ1) is 18.8. The predicted octanol–water partition coefficient (Wildman–Crippen LogP) is 6.21. The van der Waals surface area contributed by atoms with Crippen LogP contribution in [-0.2, 0) is 17.9 Å². The maximum atomic E-state index is 13.6. The van der Waals surface area contributed by atoms with E-state index in [1.165, 1.54) is 6.92 Å². The summed E-state index contributed by atoms with van der Waals surface area (Å²) in [6.45, 7) is 5.95. The molecule has 8 nitrogen and oxygen atoms in total. The fourth-order valence-corrected chi connectivity index (χ4v) is 4.97. The van der Waals surface area contributed by atoms with Crippen LogP contribution < -0.4 is 20.1 Å². The Labute approximate surface area is 227 Å². The fourth-order valence-electron chi connectivity index (χ4n) is 4.97. The molecule has 0 bridgehead atoms. The van der Waals surface area contributed by atoms with Crippen molar-refractivity contribution >= 4 is 23.2 Å². The van der Waals surface area contributed by atoms with Crippen molar-refractivity contribution in [2.75, 3.05) is 17.7 Å². The second kappa shape index (κ2) is 10.9. The predicted molar refractivity (Wildman–Crippen MR) is 149 cm³/mol. The van der Waals surface area contributed by atoms with Crippen LogP contribution in [0.15, 0.2) is 77.4 Å². The Morgan fingerprint density at radius 1 is 1.05 bits per heavy atom. The molecule has 2 amide bonds. The molecule has 0 aliphatic carbocycles. The summed E-state index contributed by atoms with van der Waals surface area (Å²) in [5, 5.41) is 6.35. The molecule has 0 spiro atoms. The Morgan fingerprint density at radius 2 is 1.82 bits per heavy atom. The van der Waals surface area contributed by atoms with Gasteiger partial charge in [-0.2, -0.15) is 0 Å². The average Bonchev–Trinajstić information content (AvgIpc) is 3.42. The van der Waals surface area contributed by atoms with E-state index >= 15 is 0 Å². The van der Waals surface area contributed by atoms with E-state index in [2.05, 4.69) is 10.6 Å². The lowest BCUT2D eigenvalue weighted by atomic mass is 10.0. The van der Waals surface area contributed by atoms with Crippen molar-refractivity contribution in [3.63, 3.8) is 0 Å². The number of rotatable bonds is 8. The van der Waals surface area contributed by atoms with E-state index in [0.717, 1.165) is 39.4 Å². The van der Waals surface area contributed by atoms with Gasteiger partial charge in [-0.15, -0.1) is 0 Å². The van der Waals surface area contributed by atoms with Crippen molar-refractivity contribution in [1.82, 2.24) is 4.90 Å². The smallest absolute Gasteiger partial charge is 0.258 e. The Bertz CT molecular complexity index is 1490. The third-order valence-corrected chi connectivity index (χ3v) is 6.70. The molecule has 2 heterocycles. The number of nitrogens with one attached hydrogen (secondary N) is 2. The van der Waals surface area contributed by atoms with E-state index in [1.54, 1.807) is 18.3 Å². The van der Waals surface area contributed by atoms with Gasteiger partial charge in [0.1, 0.15) is 30.0 Å². The number of methoxy groups -OCH3 is 1. The summed E-state index contributed by atoms with van der Waals surface area (Å²) in [6, 6.07) is 20.8. The molecular weight excluding hydrogens is 494 g/mol. The number of ether oxygens (including phenoxy) is 2. The number of anilines is 2. The summed E-state index contributed by atoms with van der Waals surface area (Å²) in [5.74, 6) is 1.92. The molecular formula is C31H31N3O5. The Morgan fingerprint density at radius 3 is 2.51 bits per heavy atom. The van der Waals surface area contributed by atoms with E-state index in [-0.39, 0.29) is 18.4 Å². The highest BCUT2D eigenvalue weighted by molar-refractivity contribution is 6.01. The topological polar surface area (TPSA) is 93.0 Å². The number of furan rings is 1. The third-order valence-electron chi connectivity index (χ3n) is 6.70. The van der Waals surface area contributed by atoms with Crippen molar-refractivity contribution in [2.24, 2.45) is 0 Å². The van der Waals surface area contributed by atoms with E-state index in [0.29, 0.717) is 23.6 Å². The van der Waals surface area contributed by atoms with Gasteiger partial charge >= 0.3 is 0 Å². The van der Waals surface area contributed by atoms with Gasteiger partial charge in [0.15, 0.2) is 0 Å². The molecule has 0 saturated carbocycles. The fraction of sp³-hybridized carbons (Fsp3) is 0.226. The molecule has 0 unspecified atom stereocenters. The highest BCUT2D eigenvalue weighted by Gasteiger charge is 2.33. The van der Waals surface area contributed by atoms with E-state index in [9.17, 15) is 9.59 Å². The molecule has 2 N–H and O–H groups in total. The van der Waals surface area contributed by atoms with Gasteiger partial charge in [-0.25, -0.2) is 0 Å². The second-order valence-electron chi connectivity index (χ2n) is 9.59. The lowest BCUT2D eigenvalue weighted by molar-refractivity contribution is -0.114. The minimum Gasteiger partial charge on any atom is -0.496 e.